The third kappa shape index (κ3) is 3.86. The van der Waals surface area contributed by atoms with Gasteiger partial charge in [0.25, 0.3) is 0 Å². The van der Waals surface area contributed by atoms with Gasteiger partial charge in [-0.05, 0) is 41.8 Å². The van der Waals surface area contributed by atoms with Crippen LogP contribution in [-0.4, -0.2) is 0 Å². The van der Waals surface area contributed by atoms with E-state index in [1.54, 1.807) is 18.2 Å². The summed E-state index contributed by atoms with van der Waals surface area (Å²) in [6.07, 6.45) is 0.890. The first-order valence-electron chi connectivity index (χ1n) is 6.42. The lowest BCUT2D eigenvalue weighted by atomic mass is 10.0. The molecule has 19 heavy (non-hydrogen) atoms. The first-order chi connectivity index (χ1) is 9.19. The summed E-state index contributed by atoms with van der Waals surface area (Å²) in [5, 5.41) is 3.36. The predicted octanol–water partition coefficient (Wildman–Crippen LogP) is 4.21. The maximum atomic E-state index is 13.1. The van der Waals surface area contributed by atoms with E-state index in [0.717, 1.165) is 17.5 Å². The van der Waals surface area contributed by atoms with Gasteiger partial charge in [-0.2, -0.15) is 0 Å². The smallest absolute Gasteiger partial charge is 0.123 e. The first-order valence-corrected chi connectivity index (χ1v) is 6.42. The minimum absolute atomic E-state index is 0.142. The molecule has 2 rings (SSSR count). The van der Waals surface area contributed by atoms with Crippen molar-refractivity contribution >= 4 is 0 Å². The molecular weight excluding hydrogens is 244 g/mol. The van der Waals surface area contributed by atoms with Crippen molar-refractivity contribution in [2.24, 2.45) is 0 Å². The molecule has 2 aromatic rings. The second-order valence-electron chi connectivity index (χ2n) is 4.52. The zero-order valence-corrected chi connectivity index (χ0v) is 10.9. The maximum Gasteiger partial charge on any atom is 0.123 e. The maximum absolute atomic E-state index is 13.1. The van der Waals surface area contributed by atoms with Crippen molar-refractivity contribution in [3.8, 4) is 0 Å². The summed E-state index contributed by atoms with van der Waals surface area (Å²) >= 11 is 0. The summed E-state index contributed by atoms with van der Waals surface area (Å²) in [5.41, 5.74) is 1.95. The quantitative estimate of drug-likeness (QED) is 0.850. The lowest BCUT2D eigenvalue weighted by Crippen LogP contribution is -2.20. The second-order valence-corrected chi connectivity index (χ2v) is 4.52. The predicted molar refractivity (Wildman–Crippen MR) is 72.7 cm³/mol. The van der Waals surface area contributed by atoms with Crippen molar-refractivity contribution in [3.05, 3.63) is 71.3 Å². The number of nitrogens with one attached hydrogen (secondary N) is 1. The van der Waals surface area contributed by atoms with Gasteiger partial charge in [0.2, 0.25) is 0 Å². The minimum atomic E-state index is -0.233. The van der Waals surface area contributed by atoms with Gasteiger partial charge < -0.3 is 5.32 Å². The summed E-state index contributed by atoms with van der Waals surface area (Å²) < 4.78 is 26.0. The van der Waals surface area contributed by atoms with Crippen LogP contribution >= 0.6 is 0 Å². The largest absolute Gasteiger partial charge is 0.306 e. The van der Waals surface area contributed by atoms with Crippen molar-refractivity contribution in [2.75, 3.05) is 0 Å². The monoisotopic (exact) mass is 261 g/mol. The van der Waals surface area contributed by atoms with E-state index >= 15 is 0 Å². The SMILES string of the molecule is CC[C@@H](NCc1cccc(F)c1)c1ccc(F)cc1. The van der Waals surface area contributed by atoms with Crippen LogP contribution in [-0.2, 0) is 6.54 Å². The van der Waals surface area contributed by atoms with Crippen molar-refractivity contribution in [1.29, 1.82) is 0 Å². The van der Waals surface area contributed by atoms with E-state index in [1.807, 2.05) is 6.07 Å². The molecule has 0 radical (unpaired) electrons. The zero-order valence-electron chi connectivity index (χ0n) is 10.9. The van der Waals surface area contributed by atoms with Crippen molar-refractivity contribution in [1.82, 2.24) is 5.32 Å². The van der Waals surface area contributed by atoms with E-state index in [-0.39, 0.29) is 17.7 Å². The molecule has 0 aromatic heterocycles. The lowest BCUT2D eigenvalue weighted by molar-refractivity contribution is 0.515. The Labute approximate surface area is 112 Å². The molecule has 0 amide bonds. The molecule has 100 valence electrons. The number of rotatable bonds is 5. The van der Waals surface area contributed by atoms with Crippen molar-refractivity contribution < 1.29 is 8.78 Å². The number of hydrogen-bond donors (Lipinski definition) is 1. The Morgan fingerprint density at radius 2 is 1.74 bits per heavy atom. The van der Waals surface area contributed by atoms with E-state index in [2.05, 4.69) is 12.2 Å². The Morgan fingerprint density at radius 1 is 1.00 bits per heavy atom. The molecule has 3 heteroatoms. The Kier molecular flexibility index (Phi) is 4.63. The van der Waals surface area contributed by atoms with Crippen LogP contribution in [0.15, 0.2) is 48.5 Å². The Hall–Kier alpha value is -1.74. The summed E-state index contributed by atoms with van der Waals surface area (Å²) in [5.74, 6) is -0.460. The number of hydrogen-bond acceptors (Lipinski definition) is 1. The third-order valence-electron chi connectivity index (χ3n) is 3.12. The highest BCUT2D eigenvalue weighted by Crippen LogP contribution is 2.17. The van der Waals surface area contributed by atoms with Crippen LogP contribution in [0.1, 0.15) is 30.5 Å². The highest BCUT2D eigenvalue weighted by molar-refractivity contribution is 5.21. The minimum Gasteiger partial charge on any atom is -0.306 e. The molecule has 1 atom stereocenters. The molecule has 1 N–H and O–H groups in total. The van der Waals surface area contributed by atoms with Gasteiger partial charge >= 0.3 is 0 Å². The van der Waals surface area contributed by atoms with E-state index in [1.165, 1.54) is 24.3 Å². The molecule has 0 aliphatic carbocycles. The lowest BCUT2D eigenvalue weighted by Gasteiger charge is -2.17. The fourth-order valence-corrected chi connectivity index (χ4v) is 2.08. The average molecular weight is 261 g/mol. The Balaban J connectivity index is 2.01. The summed E-state index contributed by atoms with van der Waals surface area (Å²) in [4.78, 5) is 0. The van der Waals surface area contributed by atoms with E-state index in [4.69, 9.17) is 0 Å². The average Bonchev–Trinajstić information content (AvgIpc) is 2.41. The summed E-state index contributed by atoms with van der Waals surface area (Å²) in [7, 11) is 0. The topological polar surface area (TPSA) is 12.0 Å². The molecule has 0 aliphatic heterocycles. The van der Waals surface area contributed by atoms with Gasteiger partial charge in [-0.25, -0.2) is 8.78 Å². The summed E-state index contributed by atoms with van der Waals surface area (Å²) in [6, 6.07) is 13.2. The second kappa shape index (κ2) is 6.43. The molecule has 0 unspecified atom stereocenters. The van der Waals surface area contributed by atoms with Crippen LogP contribution in [0.5, 0.6) is 0 Å². The normalized spacial score (nSPS) is 12.4. The molecule has 0 saturated carbocycles. The van der Waals surface area contributed by atoms with Crippen LogP contribution in [0, 0.1) is 11.6 Å². The molecule has 0 fully saturated rings. The van der Waals surface area contributed by atoms with Crippen LogP contribution in [0.3, 0.4) is 0 Å². The van der Waals surface area contributed by atoms with Crippen LogP contribution < -0.4 is 5.32 Å². The van der Waals surface area contributed by atoms with E-state index < -0.39 is 0 Å². The third-order valence-corrected chi connectivity index (χ3v) is 3.12. The Morgan fingerprint density at radius 3 is 2.37 bits per heavy atom. The van der Waals surface area contributed by atoms with Crippen LogP contribution in [0.2, 0.25) is 0 Å². The van der Waals surface area contributed by atoms with Gasteiger partial charge in [0.05, 0.1) is 0 Å². The molecule has 0 heterocycles. The van der Waals surface area contributed by atoms with Crippen LogP contribution in [0.4, 0.5) is 8.78 Å². The molecule has 0 aliphatic rings. The van der Waals surface area contributed by atoms with Crippen molar-refractivity contribution in [2.45, 2.75) is 25.9 Å². The number of benzene rings is 2. The van der Waals surface area contributed by atoms with Gasteiger partial charge in [0.1, 0.15) is 11.6 Å². The molecule has 0 spiro atoms. The van der Waals surface area contributed by atoms with Gasteiger partial charge in [0.15, 0.2) is 0 Å². The highest BCUT2D eigenvalue weighted by atomic mass is 19.1. The summed E-state index contributed by atoms with van der Waals surface area (Å²) in [6.45, 7) is 2.65. The molecule has 0 saturated heterocycles. The van der Waals surface area contributed by atoms with E-state index in [9.17, 15) is 8.78 Å². The van der Waals surface area contributed by atoms with Gasteiger partial charge in [-0.15, -0.1) is 0 Å². The molecule has 2 aromatic carbocycles. The zero-order chi connectivity index (χ0) is 13.7. The fourth-order valence-electron chi connectivity index (χ4n) is 2.08. The Bertz CT molecular complexity index is 523. The number of halogens is 2. The molecule has 0 bridgehead atoms. The standard InChI is InChI=1S/C16H17F2N/c1-2-16(13-6-8-14(17)9-7-13)19-11-12-4-3-5-15(18)10-12/h3-10,16,19H,2,11H2,1H3/t16-/m1/s1. The molecule has 1 nitrogen and oxygen atoms in total. The highest BCUT2D eigenvalue weighted by Gasteiger charge is 2.08. The first kappa shape index (κ1) is 13.7. The molecular formula is C16H17F2N. The van der Waals surface area contributed by atoms with Gasteiger partial charge in [-0.3, -0.25) is 0 Å². The van der Waals surface area contributed by atoms with Gasteiger partial charge in [0, 0.05) is 12.6 Å². The van der Waals surface area contributed by atoms with Crippen LogP contribution in [0.25, 0.3) is 0 Å². The van der Waals surface area contributed by atoms with E-state index in [0.29, 0.717) is 6.54 Å². The van der Waals surface area contributed by atoms with Crippen molar-refractivity contribution in [3.63, 3.8) is 0 Å². The van der Waals surface area contributed by atoms with Gasteiger partial charge in [-0.1, -0.05) is 31.2 Å². The fraction of sp³-hybridized carbons (Fsp3) is 0.250.